The molecule has 2 heterocycles. The summed E-state index contributed by atoms with van der Waals surface area (Å²) in [7, 11) is 0. The highest BCUT2D eigenvalue weighted by molar-refractivity contribution is 5.98. The predicted molar refractivity (Wildman–Crippen MR) is 88.4 cm³/mol. The van der Waals surface area contributed by atoms with Crippen molar-refractivity contribution in [3.8, 4) is 17.1 Å². The van der Waals surface area contributed by atoms with Gasteiger partial charge in [0.05, 0.1) is 5.69 Å². The third kappa shape index (κ3) is 3.07. The number of hydrogen-bond donors (Lipinski definition) is 1. The summed E-state index contributed by atoms with van der Waals surface area (Å²) in [6, 6.07) is 5.58. The molecule has 0 unspecified atom stereocenters. The molecule has 0 atom stereocenters. The van der Waals surface area contributed by atoms with E-state index in [1.165, 1.54) is 0 Å². The Hall–Kier alpha value is -2.90. The average molecular weight is 342 g/mol. The van der Waals surface area contributed by atoms with Crippen molar-refractivity contribution < 1.29 is 18.8 Å². The van der Waals surface area contributed by atoms with Crippen LogP contribution in [0.4, 0.5) is 5.69 Å². The largest absolute Gasteiger partial charge is 0.482 e. The van der Waals surface area contributed by atoms with Gasteiger partial charge in [-0.25, -0.2) is 0 Å². The zero-order chi connectivity index (χ0) is 17.4. The predicted octanol–water partition coefficient (Wildman–Crippen LogP) is 1.76. The van der Waals surface area contributed by atoms with E-state index in [-0.39, 0.29) is 30.4 Å². The molecule has 1 aliphatic carbocycles. The molecule has 1 fully saturated rings. The van der Waals surface area contributed by atoms with Gasteiger partial charge in [-0.3, -0.25) is 9.59 Å². The molecule has 4 rings (SSSR count). The Balaban J connectivity index is 1.58. The molecule has 0 spiro atoms. The highest BCUT2D eigenvalue weighted by atomic mass is 16.5. The van der Waals surface area contributed by atoms with Crippen LogP contribution in [0.1, 0.15) is 36.9 Å². The molecule has 0 bridgehead atoms. The Morgan fingerprint density at radius 1 is 1.40 bits per heavy atom. The fraction of sp³-hybridized carbons (Fsp3) is 0.412. The number of carbonyl (C=O) groups is 2. The number of nitrogens with one attached hydrogen (secondary N) is 1. The first-order valence-electron chi connectivity index (χ1n) is 8.38. The van der Waals surface area contributed by atoms with Crippen LogP contribution in [0.25, 0.3) is 11.4 Å². The zero-order valence-electron chi connectivity index (χ0n) is 13.8. The number of rotatable bonds is 5. The fourth-order valence-electron chi connectivity index (χ4n) is 2.72. The molecule has 2 aliphatic rings. The molecule has 2 aromatic rings. The van der Waals surface area contributed by atoms with E-state index in [0.717, 1.165) is 24.9 Å². The van der Waals surface area contributed by atoms with Crippen molar-refractivity contribution in [2.75, 3.05) is 18.1 Å². The Morgan fingerprint density at radius 2 is 2.24 bits per heavy atom. The molecule has 25 heavy (non-hydrogen) atoms. The molecule has 8 nitrogen and oxygen atoms in total. The van der Waals surface area contributed by atoms with Crippen LogP contribution < -0.4 is 15.0 Å². The second-order valence-electron chi connectivity index (χ2n) is 6.19. The summed E-state index contributed by atoms with van der Waals surface area (Å²) < 4.78 is 10.6. The smallest absolute Gasteiger partial charge is 0.316 e. The first-order valence-corrected chi connectivity index (χ1v) is 8.38. The van der Waals surface area contributed by atoms with Gasteiger partial charge in [0, 0.05) is 18.2 Å². The summed E-state index contributed by atoms with van der Waals surface area (Å²) in [4.78, 5) is 29.8. The van der Waals surface area contributed by atoms with Gasteiger partial charge in [-0.1, -0.05) is 12.1 Å². The van der Waals surface area contributed by atoms with E-state index in [0.29, 0.717) is 23.7 Å². The number of benzene rings is 1. The molecule has 1 aromatic carbocycles. The highest BCUT2D eigenvalue weighted by Crippen LogP contribution is 2.35. The lowest BCUT2D eigenvalue weighted by Crippen LogP contribution is -2.39. The lowest BCUT2D eigenvalue weighted by Gasteiger charge is -2.29. The Bertz CT molecular complexity index is 828. The van der Waals surface area contributed by atoms with Crippen LogP contribution in [0.15, 0.2) is 22.7 Å². The van der Waals surface area contributed by atoms with Gasteiger partial charge in [-0.2, -0.15) is 4.98 Å². The third-order valence-corrected chi connectivity index (χ3v) is 4.14. The maximum Gasteiger partial charge on any atom is 0.316 e. The molecule has 2 amide bonds. The van der Waals surface area contributed by atoms with Crippen molar-refractivity contribution >= 4 is 17.5 Å². The molecule has 130 valence electrons. The quantitative estimate of drug-likeness (QED) is 0.889. The van der Waals surface area contributed by atoms with E-state index in [2.05, 4.69) is 15.5 Å². The Kier molecular flexibility index (Phi) is 3.87. The summed E-state index contributed by atoms with van der Waals surface area (Å²) in [6.07, 6.45) is 2.83. The molecule has 0 radical (unpaired) electrons. The van der Waals surface area contributed by atoms with E-state index in [4.69, 9.17) is 9.26 Å². The summed E-state index contributed by atoms with van der Waals surface area (Å²) in [5.41, 5.74) is 1.40. The van der Waals surface area contributed by atoms with E-state index < -0.39 is 0 Å². The number of anilines is 1. The van der Waals surface area contributed by atoms with Gasteiger partial charge in [0.25, 0.3) is 5.91 Å². The van der Waals surface area contributed by atoms with Crippen LogP contribution in [0, 0.1) is 0 Å². The maximum atomic E-state index is 12.0. The van der Waals surface area contributed by atoms with Gasteiger partial charge in [0.15, 0.2) is 6.61 Å². The maximum absolute atomic E-state index is 12.0. The minimum atomic E-state index is -0.352. The summed E-state index contributed by atoms with van der Waals surface area (Å²) >= 11 is 0. The highest BCUT2D eigenvalue weighted by Gasteiger charge is 2.28. The van der Waals surface area contributed by atoms with Gasteiger partial charge >= 0.3 is 11.8 Å². The van der Waals surface area contributed by atoms with Crippen LogP contribution >= 0.6 is 0 Å². The summed E-state index contributed by atoms with van der Waals surface area (Å²) in [6.45, 7) is 2.67. The first kappa shape index (κ1) is 15.6. The van der Waals surface area contributed by atoms with Gasteiger partial charge in [0.1, 0.15) is 5.75 Å². The normalized spacial score (nSPS) is 16.4. The third-order valence-electron chi connectivity index (χ3n) is 4.14. The van der Waals surface area contributed by atoms with E-state index in [1.807, 2.05) is 6.92 Å². The van der Waals surface area contributed by atoms with Crippen LogP contribution in [0.2, 0.25) is 0 Å². The SMILES string of the molecule is CCCN1C(=O)COc2cc(-c3noc(C(=O)NC4CC4)n3)ccc21. The molecule has 1 aliphatic heterocycles. The second kappa shape index (κ2) is 6.19. The number of ether oxygens (including phenoxy) is 1. The molecule has 1 saturated carbocycles. The Morgan fingerprint density at radius 3 is 3.00 bits per heavy atom. The molecule has 8 heteroatoms. The van der Waals surface area contributed by atoms with E-state index >= 15 is 0 Å². The summed E-state index contributed by atoms with van der Waals surface area (Å²) in [5.74, 6) is 0.449. The molecule has 0 saturated heterocycles. The molecular weight excluding hydrogens is 324 g/mol. The standard InChI is InChI=1S/C17H18N4O4/c1-2-7-21-12-6-3-10(8-13(12)24-9-14(21)22)15-19-17(25-20-15)16(23)18-11-4-5-11/h3,6,8,11H,2,4-5,7,9H2,1H3,(H,18,23). The van der Waals surface area contributed by atoms with Gasteiger partial charge in [-0.05, 0) is 37.5 Å². The monoisotopic (exact) mass is 342 g/mol. The fourth-order valence-corrected chi connectivity index (χ4v) is 2.72. The lowest BCUT2D eigenvalue weighted by molar-refractivity contribution is -0.121. The Labute approximate surface area is 144 Å². The van der Waals surface area contributed by atoms with Crippen molar-refractivity contribution in [3.05, 3.63) is 24.1 Å². The number of aromatic nitrogens is 2. The van der Waals surface area contributed by atoms with Crippen LogP contribution in [0.3, 0.4) is 0 Å². The second-order valence-corrected chi connectivity index (χ2v) is 6.19. The van der Waals surface area contributed by atoms with Crippen LogP contribution in [-0.2, 0) is 4.79 Å². The number of fused-ring (bicyclic) bond motifs is 1. The minimum absolute atomic E-state index is 0.0116. The summed E-state index contributed by atoms with van der Waals surface area (Å²) in [5, 5.41) is 6.68. The first-order chi connectivity index (χ1) is 12.2. The number of amides is 2. The number of hydrogen-bond acceptors (Lipinski definition) is 6. The molecule has 1 aromatic heterocycles. The van der Waals surface area contributed by atoms with E-state index in [1.54, 1.807) is 23.1 Å². The zero-order valence-corrected chi connectivity index (χ0v) is 13.8. The van der Waals surface area contributed by atoms with Crippen LogP contribution in [-0.4, -0.2) is 41.1 Å². The lowest BCUT2D eigenvalue weighted by atomic mass is 10.1. The topological polar surface area (TPSA) is 97.6 Å². The van der Waals surface area contributed by atoms with Crippen LogP contribution in [0.5, 0.6) is 5.75 Å². The van der Waals surface area contributed by atoms with Crippen molar-refractivity contribution in [1.29, 1.82) is 0 Å². The van der Waals surface area contributed by atoms with Gasteiger partial charge in [-0.15, -0.1) is 0 Å². The average Bonchev–Trinajstić information content (AvgIpc) is 3.29. The van der Waals surface area contributed by atoms with Gasteiger partial charge < -0.3 is 19.5 Å². The van der Waals surface area contributed by atoms with Crippen molar-refractivity contribution in [1.82, 2.24) is 15.5 Å². The molecule has 1 N–H and O–H groups in total. The van der Waals surface area contributed by atoms with Crippen molar-refractivity contribution in [2.45, 2.75) is 32.2 Å². The number of nitrogens with zero attached hydrogens (tertiary/aromatic N) is 3. The van der Waals surface area contributed by atoms with E-state index in [9.17, 15) is 9.59 Å². The molecular formula is C17H18N4O4. The number of carbonyl (C=O) groups excluding carboxylic acids is 2. The minimum Gasteiger partial charge on any atom is -0.482 e. The van der Waals surface area contributed by atoms with Crippen molar-refractivity contribution in [2.24, 2.45) is 0 Å². The van der Waals surface area contributed by atoms with Gasteiger partial charge in [0.2, 0.25) is 5.82 Å². The van der Waals surface area contributed by atoms with Crippen molar-refractivity contribution in [3.63, 3.8) is 0 Å².